The number of aliphatic hydroxyl groups is 1. The molecule has 1 heterocycles. The highest BCUT2D eigenvalue weighted by atomic mass is 16.3. The summed E-state index contributed by atoms with van der Waals surface area (Å²) in [5, 5.41) is 13.9. The number of carbonyl (C=O) groups is 2. The fourth-order valence-corrected chi connectivity index (χ4v) is 3.97. The van der Waals surface area contributed by atoms with Crippen LogP contribution in [0.1, 0.15) is 57.8 Å². The van der Waals surface area contributed by atoms with Gasteiger partial charge >= 0.3 is 0 Å². The standard InChI is InChI=1S/C19H35N3O3/c1-21(2)17(23)9-12-20-15-19(25)11-6-13-22(18(19)24)14-10-16-7-4-3-5-8-16/h16,20,25H,3-15H2,1-2H3. The van der Waals surface area contributed by atoms with Gasteiger partial charge in [0.15, 0.2) is 5.60 Å². The molecule has 0 aromatic heterocycles. The van der Waals surface area contributed by atoms with Crippen LogP contribution in [-0.4, -0.2) is 72.6 Å². The van der Waals surface area contributed by atoms with Gasteiger partial charge in [0.1, 0.15) is 0 Å². The van der Waals surface area contributed by atoms with E-state index < -0.39 is 5.60 Å². The van der Waals surface area contributed by atoms with Crippen molar-refractivity contribution >= 4 is 11.8 Å². The average Bonchev–Trinajstić information content (AvgIpc) is 2.61. The molecular weight excluding hydrogens is 318 g/mol. The van der Waals surface area contributed by atoms with E-state index in [0.29, 0.717) is 19.4 Å². The van der Waals surface area contributed by atoms with Gasteiger partial charge in [0.05, 0.1) is 0 Å². The number of hydrogen-bond donors (Lipinski definition) is 2. The Hall–Kier alpha value is -1.14. The third-order valence-electron chi connectivity index (χ3n) is 5.67. The van der Waals surface area contributed by atoms with Crippen LogP contribution in [0, 0.1) is 5.92 Å². The van der Waals surface area contributed by atoms with E-state index in [0.717, 1.165) is 31.8 Å². The summed E-state index contributed by atoms with van der Waals surface area (Å²) < 4.78 is 0. The highest BCUT2D eigenvalue weighted by Gasteiger charge is 2.41. The minimum Gasteiger partial charge on any atom is -0.379 e. The zero-order chi connectivity index (χ0) is 18.3. The molecule has 1 atom stereocenters. The third-order valence-corrected chi connectivity index (χ3v) is 5.67. The van der Waals surface area contributed by atoms with Crippen LogP contribution in [0.2, 0.25) is 0 Å². The lowest BCUT2D eigenvalue weighted by atomic mass is 9.86. The molecule has 2 aliphatic rings. The summed E-state index contributed by atoms with van der Waals surface area (Å²) in [6.45, 7) is 2.24. The van der Waals surface area contributed by atoms with Crippen LogP contribution >= 0.6 is 0 Å². The Morgan fingerprint density at radius 1 is 1.28 bits per heavy atom. The average molecular weight is 354 g/mol. The quantitative estimate of drug-likeness (QED) is 0.647. The maximum absolute atomic E-state index is 12.7. The second-order valence-corrected chi connectivity index (χ2v) is 7.93. The van der Waals surface area contributed by atoms with Crippen molar-refractivity contribution in [3.63, 3.8) is 0 Å². The Kier molecular flexibility index (Phi) is 7.69. The van der Waals surface area contributed by atoms with Crippen molar-refractivity contribution in [3.05, 3.63) is 0 Å². The summed E-state index contributed by atoms with van der Waals surface area (Å²) in [4.78, 5) is 27.7. The molecule has 0 bridgehead atoms. The van der Waals surface area contributed by atoms with E-state index in [1.807, 2.05) is 4.90 Å². The summed E-state index contributed by atoms with van der Waals surface area (Å²) >= 11 is 0. The number of rotatable bonds is 8. The summed E-state index contributed by atoms with van der Waals surface area (Å²) in [7, 11) is 3.45. The number of piperidine rings is 1. The maximum Gasteiger partial charge on any atom is 0.255 e. The summed E-state index contributed by atoms with van der Waals surface area (Å²) in [6.07, 6.45) is 9.33. The Morgan fingerprint density at radius 3 is 2.68 bits per heavy atom. The van der Waals surface area contributed by atoms with Crippen LogP contribution in [0.4, 0.5) is 0 Å². The zero-order valence-electron chi connectivity index (χ0n) is 15.9. The molecule has 2 fully saturated rings. The van der Waals surface area contributed by atoms with Crippen molar-refractivity contribution in [3.8, 4) is 0 Å². The normalized spacial score (nSPS) is 25.2. The number of amides is 2. The second kappa shape index (κ2) is 9.53. The highest BCUT2D eigenvalue weighted by molar-refractivity contribution is 5.86. The second-order valence-electron chi connectivity index (χ2n) is 7.93. The van der Waals surface area contributed by atoms with Gasteiger partial charge < -0.3 is 20.2 Å². The van der Waals surface area contributed by atoms with Crippen LogP contribution in [0.5, 0.6) is 0 Å². The van der Waals surface area contributed by atoms with E-state index in [4.69, 9.17) is 0 Å². The van der Waals surface area contributed by atoms with Crippen molar-refractivity contribution in [1.29, 1.82) is 0 Å². The fraction of sp³-hybridized carbons (Fsp3) is 0.895. The van der Waals surface area contributed by atoms with Gasteiger partial charge in [-0.1, -0.05) is 32.1 Å². The predicted octanol–water partition coefficient (Wildman–Crippen LogP) is 1.38. The predicted molar refractivity (Wildman–Crippen MR) is 98.1 cm³/mol. The van der Waals surface area contributed by atoms with E-state index >= 15 is 0 Å². The Labute approximate surface area is 151 Å². The van der Waals surface area contributed by atoms with Gasteiger partial charge in [-0.2, -0.15) is 0 Å². The molecule has 1 saturated carbocycles. The third kappa shape index (κ3) is 5.96. The molecule has 6 nitrogen and oxygen atoms in total. The Balaban J connectivity index is 1.75. The molecule has 0 aromatic rings. The van der Waals surface area contributed by atoms with Gasteiger partial charge in [-0.05, 0) is 25.2 Å². The summed E-state index contributed by atoms with van der Waals surface area (Å²) in [5.41, 5.74) is -1.31. The fourth-order valence-electron chi connectivity index (χ4n) is 3.97. The van der Waals surface area contributed by atoms with Gasteiger partial charge in [0, 0.05) is 46.7 Å². The van der Waals surface area contributed by atoms with Crippen molar-refractivity contribution in [2.75, 3.05) is 40.3 Å². The largest absolute Gasteiger partial charge is 0.379 e. The van der Waals surface area contributed by atoms with Crippen LogP contribution in [0.25, 0.3) is 0 Å². The first-order chi connectivity index (χ1) is 11.9. The lowest BCUT2D eigenvalue weighted by Crippen LogP contribution is -2.58. The molecule has 2 rings (SSSR count). The van der Waals surface area contributed by atoms with E-state index in [1.54, 1.807) is 19.0 Å². The Bertz CT molecular complexity index is 449. The first-order valence-electron chi connectivity index (χ1n) is 9.85. The lowest BCUT2D eigenvalue weighted by molar-refractivity contribution is -0.156. The van der Waals surface area contributed by atoms with Gasteiger partial charge in [0.2, 0.25) is 5.91 Å². The molecular formula is C19H35N3O3. The van der Waals surface area contributed by atoms with E-state index in [9.17, 15) is 14.7 Å². The van der Waals surface area contributed by atoms with Gasteiger partial charge in [-0.3, -0.25) is 9.59 Å². The molecule has 0 spiro atoms. The van der Waals surface area contributed by atoms with E-state index in [1.165, 1.54) is 32.1 Å². The van der Waals surface area contributed by atoms with Crippen LogP contribution in [0.3, 0.4) is 0 Å². The molecule has 0 radical (unpaired) electrons. The number of carbonyl (C=O) groups excluding carboxylic acids is 2. The zero-order valence-corrected chi connectivity index (χ0v) is 15.9. The molecule has 2 N–H and O–H groups in total. The van der Waals surface area contributed by atoms with E-state index in [-0.39, 0.29) is 18.4 Å². The van der Waals surface area contributed by atoms with E-state index in [2.05, 4.69) is 5.32 Å². The van der Waals surface area contributed by atoms with Crippen LogP contribution < -0.4 is 5.32 Å². The summed E-state index contributed by atoms with van der Waals surface area (Å²) in [5.74, 6) is 0.649. The number of hydrogen-bond acceptors (Lipinski definition) is 4. The molecule has 25 heavy (non-hydrogen) atoms. The smallest absolute Gasteiger partial charge is 0.255 e. The van der Waals surface area contributed by atoms with Crippen LogP contribution in [-0.2, 0) is 9.59 Å². The lowest BCUT2D eigenvalue weighted by Gasteiger charge is -2.39. The minimum atomic E-state index is -1.31. The molecule has 144 valence electrons. The van der Waals surface area contributed by atoms with Gasteiger partial charge in [-0.15, -0.1) is 0 Å². The first-order valence-corrected chi connectivity index (χ1v) is 9.85. The number of nitrogens with zero attached hydrogens (tertiary/aromatic N) is 2. The minimum absolute atomic E-state index is 0.0450. The number of nitrogens with one attached hydrogen (secondary N) is 1. The summed E-state index contributed by atoms with van der Waals surface area (Å²) in [6, 6.07) is 0. The van der Waals surface area contributed by atoms with Crippen molar-refractivity contribution < 1.29 is 14.7 Å². The maximum atomic E-state index is 12.7. The topological polar surface area (TPSA) is 72.9 Å². The van der Waals surface area contributed by atoms with Crippen molar-refractivity contribution in [2.45, 2.75) is 63.4 Å². The molecule has 2 amide bonds. The molecule has 6 heteroatoms. The van der Waals surface area contributed by atoms with Gasteiger partial charge in [0.25, 0.3) is 5.91 Å². The van der Waals surface area contributed by atoms with Crippen molar-refractivity contribution in [1.82, 2.24) is 15.1 Å². The van der Waals surface area contributed by atoms with Crippen molar-refractivity contribution in [2.24, 2.45) is 5.92 Å². The van der Waals surface area contributed by atoms with Gasteiger partial charge in [-0.25, -0.2) is 0 Å². The highest BCUT2D eigenvalue weighted by Crippen LogP contribution is 2.28. The Morgan fingerprint density at radius 2 is 2.00 bits per heavy atom. The molecule has 1 unspecified atom stereocenters. The molecule has 1 aliphatic heterocycles. The molecule has 1 saturated heterocycles. The first kappa shape index (κ1) is 20.2. The van der Waals surface area contributed by atoms with Crippen LogP contribution in [0.15, 0.2) is 0 Å². The monoisotopic (exact) mass is 353 g/mol. The SMILES string of the molecule is CN(C)C(=O)CCNCC1(O)CCCN(CCC2CCCCC2)C1=O. The number of likely N-dealkylation sites (tertiary alicyclic amines) is 1. The molecule has 0 aromatic carbocycles. The molecule has 1 aliphatic carbocycles.